The zero-order valence-electron chi connectivity index (χ0n) is 12.1. The molecule has 0 aromatic carbocycles. The fourth-order valence-corrected chi connectivity index (χ4v) is 9.48. The van der Waals surface area contributed by atoms with Crippen LogP contribution in [0.4, 0.5) is 52.7 Å². The summed E-state index contributed by atoms with van der Waals surface area (Å²) in [7, 11) is 0. The average Bonchev–Trinajstić information content (AvgIpc) is 2.74. The third-order valence-electron chi connectivity index (χ3n) is 3.50. The molecule has 1 fully saturated rings. The van der Waals surface area contributed by atoms with Gasteiger partial charge in [-0.2, -0.15) is 0 Å². The second-order valence-corrected chi connectivity index (χ2v) is 12.1. The van der Waals surface area contributed by atoms with Crippen molar-refractivity contribution < 1.29 is 58.3 Å². The molecule has 1 heterocycles. The molecule has 1 saturated heterocycles. The second-order valence-electron chi connectivity index (χ2n) is 5.08. The van der Waals surface area contributed by atoms with Crippen LogP contribution in [0.5, 0.6) is 0 Å². The molecule has 0 spiro atoms. The molecule has 150 valence electrons. The molecule has 0 aromatic rings. The van der Waals surface area contributed by atoms with Crippen LogP contribution in [0.3, 0.4) is 0 Å². The maximum absolute atomic E-state index is 13.1. The summed E-state index contributed by atoms with van der Waals surface area (Å²) in [4.78, 5) is 0. The van der Waals surface area contributed by atoms with Crippen LogP contribution in [0.2, 0.25) is 3.63 Å². The molecule has 0 amide bonds. The van der Waals surface area contributed by atoms with Crippen molar-refractivity contribution in [1.82, 2.24) is 0 Å². The van der Waals surface area contributed by atoms with E-state index in [4.69, 9.17) is 0 Å². The Kier molecular flexibility index (Phi) is 5.75. The molecule has 1 aliphatic rings. The summed E-state index contributed by atoms with van der Waals surface area (Å²) in [6.45, 7) is 2.02. The van der Waals surface area contributed by atoms with Gasteiger partial charge >= 0.3 is 141 Å². The predicted molar refractivity (Wildman–Crippen MR) is 57.3 cm³/mol. The van der Waals surface area contributed by atoms with Gasteiger partial charge in [-0.25, -0.2) is 0 Å². The van der Waals surface area contributed by atoms with E-state index >= 15 is 0 Å². The standard InChI is InChI=1S/C6F12O2.C4H9.Bi/c7-3(8,9)1(19,4(10,11)12)2(20,5(13,14)15)6(16,17)18;1-3-4-2;/h;3H,4H2,1-2H3;/q-2;;+2. The molecular weight excluding hydrogens is 589 g/mol. The fourth-order valence-electron chi connectivity index (χ4n) is 2.07. The van der Waals surface area contributed by atoms with E-state index in [0.717, 1.165) is 13.8 Å². The predicted octanol–water partition coefficient (Wildman–Crippen LogP) is 5.05. The zero-order chi connectivity index (χ0) is 20.3. The molecule has 0 bridgehead atoms. The monoisotopic (exact) mass is 598 g/mol. The first-order valence-corrected chi connectivity index (χ1v) is 11.1. The number of rotatable bonds is 2. The molecule has 0 aliphatic carbocycles. The first-order valence-electron chi connectivity index (χ1n) is 6.24. The van der Waals surface area contributed by atoms with Gasteiger partial charge in [-0.3, -0.25) is 0 Å². The second kappa shape index (κ2) is 6.25. The molecule has 1 aliphatic heterocycles. The third kappa shape index (κ3) is 3.11. The molecule has 15 heteroatoms. The Hall–Kier alpha value is -0.0369. The molecule has 2 nitrogen and oxygen atoms in total. The summed E-state index contributed by atoms with van der Waals surface area (Å²) < 4.78 is 163. The van der Waals surface area contributed by atoms with Crippen molar-refractivity contribution in [2.75, 3.05) is 0 Å². The van der Waals surface area contributed by atoms with E-state index in [9.17, 15) is 52.7 Å². The number of hydrogen-bond donors (Lipinski definition) is 0. The topological polar surface area (TPSA) is 18.5 Å². The van der Waals surface area contributed by atoms with Crippen LogP contribution in [0.15, 0.2) is 0 Å². The van der Waals surface area contributed by atoms with E-state index < -0.39 is 62.2 Å². The normalized spacial score (nSPS) is 23.8. The van der Waals surface area contributed by atoms with Crippen molar-refractivity contribution in [3.8, 4) is 0 Å². The van der Waals surface area contributed by atoms with E-state index in [2.05, 4.69) is 5.63 Å². The van der Waals surface area contributed by atoms with Gasteiger partial charge in [-0.05, 0) is 0 Å². The summed E-state index contributed by atoms with van der Waals surface area (Å²) >= 11 is -5.48. The average molecular weight is 598 g/mol. The van der Waals surface area contributed by atoms with Crippen molar-refractivity contribution in [1.29, 1.82) is 0 Å². The van der Waals surface area contributed by atoms with Crippen LogP contribution < -0.4 is 0 Å². The Bertz CT molecular complexity index is 422. The van der Waals surface area contributed by atoms with Gasteiger partial charge in [0, 0.05) is 0 Å². The van der Waals surface area contributed by atoms with Crippen LogP contribution in [0.25, 0.3) is 0 Å². The van der Waals surface area contributed by atoms with Crippen molar-refractivity contribution in [2.24, 2.45) is 0 Å². The van der Waals surface area contributed by atoms with Gasteiger partial charge in [0.15, 0.2) is 0 Å². The van der Waals surface area contributed by atoms with Crippen LogP contribution in [-0.2, 0) is 5.63 Å². The maximum atomic E-state index is 13.1. The van der Waals surface area contributed by atoms with Gasteiger partial charge in [0.2, 0.25) is 0 Å². The van der Waals surface area contributed by atoms with Crippen molar-refractivity contribution in [3.05, 3.63) is 0 Å². The van der Waals surface area contributed by atoms with E-state index in [1.807, 2.05) is 0 Å². The van der Waals surface area contributed by atoms with Crippen molar-refractivity contribution >= 4 is 22.6 Å². The Morgan fingerprint density at radius 2 is 0.920 bits per heavy atom. The fraction of sp³-hybridized carbons (Fsp3) is 1.00. The third-order valence-corrected chi connectivity index (χ3v) is 11.2. The Labute approximate surface area is 141 Å². The van der Waals surface area contributed by atoms with E-state index in [1.165, 1.54) is 0 Å². The number of alkyl halides is 12. The minimum atomic E-state index is -7.09. The van der Waals surface area contributed by atoms with E-state index in [1.54, 1.807) is 0 Å². The van der Waals surface area contributed by atoms with Crippen molar-refractivity contribution in [3.63, 3.8) is 0 Å². The Morgan fingerprint density at radius 3 is 1.08 bits per heavy atom. The molecule has 0 N–H and O–H groups in total. The number of halogens is 12. The summed E-state index contributed by atoms with van der Waals surface area (Å²) in [5.74, 6) is 0. The van der Waals surface area contributed by atoms with Gasteiger partial charge in [0.1, 0.15) is 0 Å². The molecule has 0 saturated carbocycles. The molecule has 1 unspecified atom stereocenters. The molecular formula is C10H9BiF12O2. The van der Waals surface area contributed by atoms with Crippen LogP contribution in [0, 0.1) is 0 Å². The van der Waals surface area contributed by atoms with Crippen LogP contribution >= 0.6 is 0 Å². The van der Waals surface area contributed by atoms with E-state index in [-0.39, 0.29) is 6.42 Å². The quantitative estimate of drug-likeness (QED) is 0.328. The molecule has 0 aromatic heterocycles. The van der Waals surface area contributed by atoms with Crippen LogP contribution in [0.1, 0.15) is 20.3 Å². The van der Waals surface area contributed by atoms with E-state index in [0.29, 0.717) is 0 Å². The van der Waals surface area contributed by atoms with Crippen molar-refractivity contribution in [2.45, 2.75) is 59.8 Å². The summed E-state index contributed by atoms with van der Waals surface area (Å²) in [5, 5.41) is 0. The van der Waals surface area contributed by atoms with Gasteiger partial charge in [-0.1, -0.05) is 0 Å². The molecule has 1 rings (SSSR count). The molecule has 0 radical (unpaired) electrons. The minimum absolute atomic E-state index is 0.324. The Morgan fingerprint density at radius 1 is 0.680 bits per heavy atom. The van der Waals surface area contributed by atoms with Gasteiger partial charge in [-0.15, -0.1) is 0 Å². The van der Waals surface area contributed by atoms with Gasteiger partial charge < -0.3 is 0 Å². The summed E-state index contributed by atoms with van der Waals surface area (Å²) in [5.41, 5.74) is -13.2. The summed E-state index contributed by atoms with van der Waals surface area (Å²) in [6, 6.07) is 0. The molecule has 1 atom stereocenters. The summed E-state index contributed by atoms with van der Waals surface area (Å²) in [6.07, 6.45) is -28.7. The SMILES string of the molecule is CC[CH](C)[Bi]1[O]C(C(F)(F)F)(C(F)(F)F)C(C(F)(F)F)(C(F)(F)F)[O]1. The van der Waals surface area contributed by atoms with Gasteiger partial charge in [0.05, 0.1) is 0 Å². The zero-order valence-corrected chi connectivity index (χ0v) is 15.6. The first kappa shape index (κ1) is 23.0. The Balaban J connectivity index is 3.96. The molecule has 25 heavy (non-hydrogen) atoms. The number of hydrogen-bond acceptors (Lipinski definition) is 2. The van der Waals surface area contributed by atoms with Crippen LogP contribution in [-0.4, -0.2) is 58.5 Å². The van der Waals surface area contributed by atoms with Gasteiger partial charge in [0.25, 0.3) is 0 Å². The first-order chi connectivity index (χ1) is 10.8.